The largest absolute Gasteiger partial charge is 0.469 e. The van der Waals surface area contributed by atoms with Gasteiger partial charge in [0.25, 0.3) is 0 Å². The molecule has 2 bridgehead atoms. The molecule has 0 heterocycles. The van der Waals surface area contributed by atoms with Crippen LogP contribution in [-0.2, 0) is 9.53 Å². The Bertz CT molecular complexity index is 305. The van der Waals surface area contributed by atoms with Crippen molar-refractivity contribution in [1.29, 1.82) is 0 Å². The van der Waals surface area contributed by atoms with Crippen molar-refractivity contribution in [3.63, 3.8) is 0 Å². The minimum atomic E-state index is 0.00977. The summed E-state index contributed by atoms with van der Waals surface area (Å²) >= 11 is 0. The van der Waals surface area contributed by atoms with Crippen LogP contribution in [0.4, 0.5) is 0 Å². The Hall–Kier alpha value is -0.530. The molecule has 4 unspecified atom stereocenters. The zero-order valence-electron chi connectivity index (χ0n) is 11.2. The van der Waals surface area contributed by atoms with Gasteiger partial charge in [-0.1, -0.05) is 27.7 Å². The first-order valence-electron chi connectivity index (χ1n) is 6.37. The average Bonchev–Trinajstić information content (AvgIpc) is 2.11. The lowest BCUT2D eigenvalue weighted by molar-refractivity contribution is -0.169. The lowest BCUT2D eigenvalue weighted by Crippen LogP contribution is -2.54. The van der Waals surface area contributed by atoms with Crippen LogP contribution < -0.4 is 0 Å². The van der Waals surface area contributed by atoms with Crippen molar-refractivity contribution in [3.05, 3.63) is 0 Å². The van der Waals surface area contributed by atoms with Gasteiger partial charge in [-0.15, -0.1) is 0 Å². The topological polar surface area (TPSA) is 26.3 Å². The van der Waals surface area contributed by atoms with E-state index in [1.54, 1.807) is 0 Å². The van der Waals surface area contributed by atoms with Crippen LogP contribution in [0.15, 0.2) is 0 Å². The number of methoxy groups -OCH3 is 1. The van der Waals surface area contributed by atoms with Crippen molar-refractivity contribution in [2.75, 3.05) is 7.11 Å². The molecular formula is C14H24O2. The lowest BCUT2D eigenvalue weighted by atomic mass is 9.45. The van der Waals surface area contributed by atoms with Gasteiger partial charge in [0, 0.05) is 0 Å². The van der Waals surface area contributed by atoms with E-state index in [2.05, 4.69) is 27.7 Å². The van der Waals surface area contributed by atoms with Crippen molar-refractivity contribution < 1.29 is 9.53 Å². The standard InChI is InChI=1S/C14H24O2/c1-9-6-14(4)7-10(12(15)16-5)11(9)13(2,3)8-14/h9-11H,6-8H2,1-5H3. The normalized spacial score (nSPS) is 45.4. The van der Waals surface area contributed by atoms with Gasteiger partial charge in [-0.3, -0.25) is 4.79 Å². The van der Waals surface area contributed by atoms with E-state index < -0.39 is 0 Å². The van der Waals surface area contributed by atoms with Crippen LogP contribution in [0.5, 0.6) is 0 Å². The molecule has 3 fully saturated rings. The van der Waals surface area contributed by atoms with Gasteiger partial charge in [-0.05, 0) is 41.9 Å². The molecule has 0 aromatic heterocycles. The molecule has 0 spiro atoms. The summed E-state index contributed by atoms with van der Waals surface area (Å²) in [4.78, 5) is 11.9. The van der Waals surface area contributed by atoms with Gasteiger partial charge in [-0.25, -0.2) is 0 Å². The fourth-order valence-electron chi connectivity index (χ4n) is 5.10. The summed E-state index contributed by atoms with van der Waals surface area (Å²) in [6.45, 7) is 9.29. The van der Waals surface area contributed by atoms with E-state index in [-0.39, 0.29) is 17.3 Å². The Labute approximate surface area is 98.7 Å². The van der Waals surface area contributed by atoms with Crippen molar-refractivity contribution in [2.45, 2.75) is 47.0 Å². The number of hydrogen-bond acceptors (Lipinski definition) is 2. The molecule has 92 valence electrons. The molecule has 0 aromatic rings. The Balaban J connectivity index is 2.34. The highest BCUT2D eigenvalue weighted by Crippen LogP contribution is 2.62. The number of esters is 1. The quantitative estimate of drug-likeness (QED) is 0.639. The van der Waals surface area contributed by atoms with E-state index in [4.69, 9.17) is 4.74 Å². The molecule has 0 aliphatic heterocycles. The molecule has 4 atom stereocenters. The van der Waals surface area contributed by atoms with E-state index in [1.165, 1.54) is 20.0 Å². The third-order valence-electron chi connectivity index (χ3n) is 4.86. The molecular weight excluding hydrogens is 200 g/mol. The monoisotopic (exact) mass is 224 g/mol. The Kier molecular flexibility index (Phi) is 2.60. The van der Waals surface area contributed by atoms with Gasteiger partial charge < -0.3 is 4.74 Å². The number of ether oxygens (including phenoxy) is 1. The highest BCUT2D eigenvalue weighted by Gasteiger charge is 2.57. The number of fused-ring (bicyclic) bond motifs is 3. The molecule has 3 rings (SSSR count). The van der Waals surface area contributed by atoms with Crippen LogP contribution in [0.1, 0.15) is 47.0 Å². The summed E-state index contributed by atoms with van der Waals surface area (Å²) in [6.07, 6.45) is 3.55. The summed E-state index contributed by atoms with van der Waals surface area (Å²) in [6, 6.07) is 0. The molecule has 3 saturated carbocycles. The van der Waals surface area contributed by atoms with Gasteiger partial charge in [0.05, 0.1) is 13.0 Å². The van der Waals surface area contributed by atoms with E-state index in [1.807, 2.05) is 0 Å². The second-order valence-electron chi connectivity index (χ2n) is 7.02. The maximum atomic E-state index is 11.9. The highest BCUT2D eigenvalue weighted by atomic mass is 16.5. The van der Waals surface area contributed by atoms with Gasteiger partial charge in [-0.2, -0.15) is 0 Å². The summed E-state index contributed by atoms with van der Waals surface area (Å²) < 4.78 is 4.99. The minimum absolute atomic E-state index is 0.00977. The van der Waals surface area contributed by atoms with Crippen molar-refractivity contribution in [2.24, 2.45) is 28.6 Å². The number of carbonyl (C=O) groups is 1. The van der Waals surface area contributed by atoms with Crippen LogP contribution >= 0.6 is 0 Å². The predicted molar refractivity (Wildman–Crippen MR) is 63.9 cm³/mol. The first-order valence-corrected chi connectivity index (χ1v) is 6.37. The molecule has 2 heteroatoms. The smallest absolute Gasteiger partial charge is 0.308 e. The van der Waals surface area contributed by atoms with Crippen LogP contribution in [0.25, 0.3) is 0 Å². The Morgan fingerprint density at radius 3 is 2.31 bits per heavy atom. The van der Waals surface area contributed by atoms with Crippen LogP contribution in [-0.4, -0.2) is 13.1 Å². The zero-order chi connectivity index (χ0) is 12.1. The highest BCUT2D eigenvalue weighted by molar-refractivity contribution is 5.73. The first-order chi connectivity index (χ1) is 7.29. The maximum Gasteiger partial charge on any atom is 0.308 e. The molecule has 0 radical (unpaired) electrons. The number of rotatable bonds is 1. The fourth-order valence-corrected chi connectivity index (χ4v) is 5.10. The molecule has 0 N–H and O–H groups in total. The molecule has 3 aliphatic rings. The first kappa shape index (κ1) is 11.9. The van der Waals surface area contributed by atoms with Crippen molar-refractivity contribution in [1.82, 2.24) is 0 Å². The summed E-state index contributed by atoms with van der Waals surface area (Å²) in [7, 11) is 1.52. The van der Waals surface area contributed by atoms with Gasteiger partial charge in [0.2, 0.25) is 0 Å². The van der Waals surface area contributed by atoms with Crippen molar-refractivity contribution in [3.8, 4) is 0 Å². The molecule has 2 nitrogen and oxygen atoms in total. The van der Waals surface area contributed by atoms with Gasteiger partial charge in [0.1, 0.15) is 0 Å². The zero-order valence-corrected chi connectivity index (χ0v) is 11.2. The van der Waals surface area contributed by atoms with E-state index >= 15 is 0 Å². The second-order valence-corrected chi connectivity index (χ2v) is 7.02. The molecule has 0 amide bonds. The Morgan fingerprint density at radius 1 is 1.25 bits per heavy atom. The van der Waals surface area contributed by atoms with Crippen LogP contribution in [0.3, 0.4) is 0 Å². The third-order valence-corrected chi connectivity index (χ3v) is 4.86. The van der Waals surface area contributed by atoms with Gasteiger partial charge >= 0.3 is 5.97 Å². The van der Waals surface area contributed by atoms with Crippen molar-refractivity contribution >= 4 is 5.97 Å². The SMILES string of the molecule is COC(=O)C1CC2(C)CC(C)C1C(C)(C)C2. The number of carbonyl (C=O) groups excluding carboxylic acids is 1. The summed E-state index contributed by atoms with van der Waals surface area (Å²) in [5.41, 5.74) is 0.625. The minimum Gasteiger partial charge on any atom is -0.469 e. The Morgan fingerprint density at radius 2 is 1.88 bits per heavy atom. The molecule has 0 saturated heterocycles. The molecule has 3 aliphatic carbocycles. The summed E-state index contributed by atoms with van der Waals surface area (Å²) in [5.74, 6) is 1.28. The van der Waals surface area contributed by atoms with Gasteiger partial charge in [0.15, 0.2) is 0 Å². The average molecular weight is 224 g/mol. The number of hydrogen-bond donors (Lipinski definition) is 0. The lowest BCUT2D eigenvalue weighted by Gasteiger charge is -2.59. The molecule has 0 aromatic carbocycles. The van der Waals surface area contributed by atoms with Crippen LogP contribution in [0.2, 0.25) is 0 Å². The van der Waals surface area contributed by atoms with Crippen LogP contribution in [0, 0.1) is 28.6 Å². The fraction of sp³-hybridized carbons (Fsp3) is 0.929. The summed E-state index contributed by atoms with van der Waals surface area (Å²) in [5, 5.41) is 0. The maximum absolute atomic E-state index is 11.9. The van der Waals surface area contributed by atoms with E-state index in [9.17, 15) is 4.79 Å². The third kappa shape index (κ3) is 1.66. The second kappa shape index (κ2) is 3.48. The predicted octanol–water partition coefficient (Wildman–Crippen LogP) is 3.26. The molecule has 16 heavy (non-hydrogen) atoms. The van der Waals surface area contributed by atoms with E-state index in [0.717, 1.165) is 6.42 Å². The van der Waals surface area contributed by atoms with E-state index in [0.29, 0.717) is 17.3 Å².